The van der Waals surface area contributed by atoms with Crippen molar-refractivity contribution in [2.24, 2.45) is 0 Å². The zero-order valence-corrected chi connectivity index (χ0v) is 20.7. The Labute approximate surface area is 210 Å². The summed E-state index contributed by atoms with van der Waals surface area (Å²) in [6, 6.07) is 21.5. The van der Waals surface area contributed by atoms with Crippen LogP contribution in [0.3, 0.4) is 0 Å². The number of rotatable bonds is 8. The summed E-state index contributed by atoms with van der Waals surface area (Å²) in [4.78, 5) is 19.8. The number of aromatic nitrogens is 2. The number of nitrogens with zero attached hydrogens (tertiary/aromatic N) is 3. The first-order chi connectivity index (χ1) is 17.0. The van der Waals surface area contributed by atoms with E-state index < -0.39 is 0 Å². The predicted octanol–water partition coefficient (Wildman–Crippen LogP) is 6.00. The Hall–Kier alpha value is -3.51. The van der Waals surface area contributed by atoms with Crippen LogP contribution in [0, 0.1) is 6.92 Å². The highest BCUT2D eigenvalue weighted by atomic mass is 35.5. The van der Waals surface area contributed by atoms with E-state index in [0.29, 0.717) is 25.3 Å². The van der Waals surface area contributed by atoms with Gasteiger partial charge in [0.25, 0.3) is 0 Å². The van der Waals surface area contributed by atoms with Gasteiger partial charge in [-0.1, -0.05) is 35.9 Å². The molecule has 1 atom stereocenters. The molecule has 180 valence electrons. The van der Waals surface area contributed by atoms with E-state index in [2.05, 4.69) is 10.6 Å². The topological polar surface area (TPSA) is 56.6 Å². The van der Waals surface area contributed by atoms with E-state index in [-0.39, 0.29) is 11.8 Å². The maximum atomic E-state index is 13.0. The van der Waals surface area contributed by atoms with Crippen LogP contribution in [0.2, 0.25) is 5.02 Å². The minimum atomic E-state index is -0.000328. The highest BCUT2D eigenvalue weighted by molar-refractivity contribution is 6.31. The Morgan fingerprint density at radius 3 is 2.71 bits per heavy atom. The van der Waals surface area contributed by atoms with Gasteiger partial charge in [0.2, 0.25) is 5.91 Å². The molecule has 0 bridgehead atoms. The summed E-state index contributed by atoms with van der Waals surface area (Å²) >= 11 is 6.12. The minimum Gasteiger partial charge on any atom is -0.495 e. The standard InChI is InChI=1S/C28H28ClN3O3/c1-19-16-21(12-13-22(19)29)35-15-7-14-31-24-9-4-3-8-23(24)30-28(31)20-17-27(33)32(18-20)25-10-5-6-11-26(25)34-2/h3-6,8-13,16,20H,7,14-15,17-18H2,1-2H3. The molecular formula is C28H28ClN3O3. The summed E-state index contributed by atoms with van der Waals surface area (Å²) < 4.78 is 13.7. The molecule has 35 heavy (non-hydrogen) atoms. The monoisotopic (exact) mass is 489 g/mol. The molecule has 0 radical (unpaired) electrons. The lowest BCUT2D eigenvalue weighted by Gasteiger charge is -2.20. The number of ether oxygens (including phenoxy) is 2. The fourth-order valence-corrected chi connectivity index (χ4v) is 4.84. The molecule has 7 heteroatoms. The Morgan fingerprint density at radius 2 is 1.89 bits per heavy atom. The molecule has 1 unspecified atom stereocenters. The molecule has 0 spiro atoms. The van der Waals surface area contributed by atoms with E-state index in [1.54, 1.807) is 7.11 Å². The van der Waals surface area contributed by atoms with Gasteiger partial charge >= 0.3 is 0 Å². The van der Waals surface area contributed by atoms with Crippen LogP contribution in [-0.2, 0) is 11.3 Å². The van der Waals surface area contributed by atoms with E-state index in [1.807, 2.05) is 72.5 Å². The Balaban J connectivity index is 1.35. The number of fused-ring (bicyclic) bond motifs is 1. The van der Waals surface area contributed by atoms with Crippen molar-refractivity contribution >= 4 is 34.2 Å². The van der Waals surface area contributed by atoms with Crippen molar-refractivity contribution in [2.45, 2.75) is 32.2 Å². The van der Waals surface area contributed by atoms with Crippen LogP contribution in [0.5, 0.6) is 11.5 Å². The second kappa shape index (κ2) is 10.0. The number of carbonyl (C=O) groups excluding carboxylic acids is 1. The van der Waals surface area contributed by atoms with E-state index >= 15 is 0 Å². The number of amides is 1. The Kier molecular flexibility index (Phi) is 6.64. The van der Waals surface area contributed by atoms with Crippen molar-refractivity contribution in [3.63, 3.8) is 0 Å². The number of halogens is 1. The molecule has 1 amide bonds. The summed E-state index contributed by atoms with van der Waals surface area (Å²) in [5, 5.41) is 0.736. The first kappa shape index (κ1) is 23.2. The molecule has 3 aromatic carbocycles. The lowest BCUT2D eigenvalue weighted by Crippen LogP contribution is -2.25. The number of anilines is 1. The van der Waals surface area contributed by atoms with Crippen LogP contribution in [0.15, 0.2) is 66.7 Å². The number of imidazole rings is 1. The number of aryl methyl sites for hydroxylation is 2. The van der Waals surface area contributed by atoms with Crippen LogP contribution < -0.4 is 14.4 Å². The number of hydrogen-bond acceptors (Lipinski definition) is 4. The summed E-state index contributed by atoms with van der Waals surface area (Å²) in [6.45, 7) is 3.87. The summed E-state index contributed by atoms with van der Waals surface area (Å²) in [7, 11) is 1.63. The van der Waals surface area contributed by atoms with E-state index in [0.717, 1.165) is 51.8 Å². The van der Waals surface area contributed by atoms with Crippen LogP contribution in [0.1, 0.15) is 30.1 Å². The van der Waals surface area contributed by atoms with Crippen molar-refractivity contribution in [1.82, 2.24) is 9.55 Å². The van der Waals surface area contributed by atoms with Gasteiger partial charge in [0.05, 0.1) is 30.4 Å². The van der Waals surface area contributed by atoms with Gasteiger partial charge in [-0.25, -0.2) is 4.98 Å². The van der Waals surface area contributed by atoms with Gasteiger partial charge in [0.15, 0.2) is 0 Å². The molecule has 0 saturated carbocycles. The van der Waals surface area contributed by atoms with Gasteiger partial charge < -0.3 is 18.9 Å². The molecule has 5 rings (SSSR count). The third kappa shape index (κ3) is 4.71. The predicted molar refractivity (Wildman–Crippen MR) is 139 cm³/mol. The summed E-state index contributed by atoms with van der Waals surface area (Å²) in [5.41, 5.74) is 3.82. The van der Waals surface area contributed by atoms with Crippen LogP contribution in [-0.4, -0.2) is 35.7 Å². The number of methoxy groups -OCH3 is 1. The normalized spacial score (nSPS) is 15.7. The number of carbonyl (C=O) groups is 1. The molecule has 1 aliphatic heterocycles. The smallest absolute Gasteiger partial charge is 0.227 e. The van der Waals surface area contributed by atoms with Crippen molar-refractivity contribution in [3.8, 4) is 11.5 Å². The van der Waals surface area contributed by atoms with E-state index in [1.165, 1.54) is 0 Å². The minimum absolute atomic E-state index is 0.000328. The van der Waals surface area contributed by atoms with Gasteiger partial charge in [-0.3, -0.25) is 4.79 Å². The van der Waals surface area contributed by atoms with Crippen molar-refractivity contribution < 1.29 is 14.3 Å². The molecular weight excluding hydrogens is 462 g/mol. The van der Waals surface area contributed by atoms with E-state index in [9.17, 15) is 4.79 Å². The lowest BCUT2D eigenvalue weighted by molar-refractivity contribution is -0.117. The van der Waals surface area contributed by atoms with Crippen LogP contribution in [0.25, 0.3) is 11.0 Å². The molecule has 1 fully saturated rings. The van der Waals surface area contributed by atoms with Crippen molar-refractivity contribution in [3.05, 3.63) is 83.1 Å². The fourth-order valence-electron chi connectivity index (χ4n) is 4.73. The fraction of sp³-hybridized carbons (Fsp3) is 0.286. The van der Waals surface area contributed by atoms with Gasteiger partial charge in [0, 0.05) is 30.5 Å². The van der Waals surface area contributed by atoms with Crippen molar-refractivity contribution in [2.75, 3.05) is 25.2 Å². The Morgan fingerprint density at radius 1 is 1.09 bits per heavy atom. The zero-order valence-electron chi connectivity index (χ0n) is 19.9. The molecule has 2 heterocycles. The highest BCUT2D eigenvalue weighted by Gasteiger charge is 2.35. The second-order valence-electron chi connectivity index (χ2n) is 8.80. The number of benzene rings is 3. The average molecular weight is 490 g/mol. The average Bonchev–Trinajstić information content (AvgIpc) is 3.44. The highest BCUT2D eigenvalue weighted by Crippen LogP contribution is 2.37. The van der Waals surface area contributed by atoms with Gasteiger partial charge in [-0.05, 0) is 61.4 Å². The third-order valence-corrected chi connectivity index (χ3v) is 6.90. The van der Waals surface area contributed by atoms with Gasteiger partial charge in [0.1, 0.15) is 17.3 Å². The van der Waals surface area contributed by atoms with Gasteiger partial charge in [-0.2, -0.15) is 0 Å². The molecule has 1 aromatic heterocycles. The summed E-state index contributed by atoms with van der Waals surface area (Å²) in [6.07, 6.45) is 1.23. The maximum Gasteiger partial charge on any atom is 0.227 e. The second-order valence-corrected chi connectivity index (χ2v) is 9.21. The number of para-hydroxylation sites is 4. The SMILES string of the molecule is COc1ccccc1N1CC(c2nc3ccccc3n2CCCOc2ccc(Cl)c(C)c2)CC1=O. The van der Waals surface area contributed by atoms with E-state index in [4.69, 9.17) is 26.1 Å². The molecule has 1 saturated heterocycles. The third-order valence-electron chi connectivity index (χ3n) is 6.47. The first-order valence-corrected chi connectivity index (χ1v) is 12.2. The summed E-state index contributed by atoms with van der Waals surface area (Å²) in [5.74, 6) is 2.54. The Bertz CT molecular complexity index is 1370. The van der Waals surface area contributed by atoms with Crippen LogP contribution in [0.4, 0.5) is 5.69 Å². The lowest BCUT2D eigenvalue weighted by atomic mass is 10.1. The largest absolute Gasteiger partial charge is 0.495 e. The van der Waals surface area contributed by atoms with Crippen LogP contribution >= 0.6 is 11.6 Å². The molecule has 0 N–H and O–H groups in total. The molecule has 0 aliphatic carbocycles. The first-order valence-electron chi connectivity index (χ1n) is 11.8. The van der Waals surface area contributed by atoms with Gasteiger partial charge in [-0.15, -0.1) is 0 Å². The van der Waals surface area contributed by atoms with Crippen molar-refractivity contribution in [1.29, 1.82) is 0 Å². The number of hydrogen-bond donors (Lipinski definition) is 0. The zero-order chi connectivity index (χ0) is 24.4. The molecule has 6 nitrogen and oxygen atoms in total. The molecule has 1 aliphatic rings. The maximum absolute atomic E-state index is 13.0. The molecule has 4 aromatic rings. The quantitative estimate of drug-likeness (QED) is 0.285.